The molecular weight excluding hydrogens is 236 g/mol. The molecular formula is C16H22N2O. The summed E-state index contributed by atoms with van der Waals surface area (Å²) in [5.74, 6) is 7.09. The van der Waals surface area contributed by atoms with Crippen LogP contribution in [-0.4, -0.2) is 16.4 Å². The van der Waals surface area contributed by atoms with E-state index in [-0.39, 0.29) is 6.04 Å². The quantitative estimate of drug-likeness (QED) is 0.442. The highest BCUT2D eigenvalue weighted by atomic mass is 16.5. The Morgan fingerprint density at radius 1 is 1.63 bits per heavy atom. The second kappa shape index (κ2) is 8.20. The van der Waals surface area contributed by atoms with Crippen LogP contribution in [0.1, 0.15) is 38.3 Å². The highest BCUT2D eigenvalue weighted by Gasteiger charge is 2.00. The number of rotatable bonds is 6. The van der Waals surface area contributed by atoms with Gasteiger partial charge in [-0.05, 0) is 38.0 Å². The maximum absolute atomic E-state index is 5.49. The number of nitrogens with zero attached hydrogens (tertiary/aromatic N) is 2. The zero-order valence-electron chi connectivity index (χ0n) is 12.0. The van der Waals surface area contributed by atoms with Gasteiger partial charge < -0.3 is 4.74 Å². The van der Waals surface area contributed by atoms with E-state index in [2.05, 4.69) is 30.4 Å². The molecule has 0 fully saturated rings. The van der Waals surface area contributed by atoms with E-state index < -0.39 is 0 Å². The first-order chi connectivity index (χ1) is 9.17. The predicted octanol–water partition coefficient (Wildman–Crippen LogP) is 3.64. The smallest absolute Gasteiger partial charge is 0.115 e. The average molecular weight is 258 g/mol. The van der Waals surface area contributed by atoms with Crippen LogP contribution in [0.15, 0.2) is 36.9 Å². The van der Waals surface area contributed by atoms with Gasteiger partial charge in [0.2, 0.25) is 0 Å². The standard InChI is InChI=1S/C16H22N2O/c1-5-11-19-16(6-2)10-8-7-9-15(4)18-13-14(3)12-17-18/h6,10,12-13,15H,2,5,8,11H2,1,3-4H3/b16-10+. The fraction of sp³-hybridized carbons (Fsp3) is 0.438. The Morgan fingerprint density at radius 3 is 3.00 bits per heavy atom. The van der Waals surface area contributed by atoms with Crippen LogP contribution in [0.5, 0.6) is 0 Å². The van der Waals surface area contributed by atoms with E-state index in [0.717, 1.165) is 17.7 Å². The van der Waals surface area contributed by atoms with E-state index in [9.17, 15) is 0 Å². The fourth-order valence-corrected chi connectivity index (χ4v) is 1.49. The summed E-state index contributed by atoms with van der Waals surface area (Å²) in [5, 5.41) is 4.24. The molecule has 102 valence electrons. The molecule has 0 radical (unpaired) electrons. The minimum Gasteiger partial charge on any atom is -0.494 e. The van der Waals surface area contributed by atoms with Crippen molar-refractivity contribution in [2.24, 2.45) is 0 Å². The van der Waals surface area contributed by atoms with Gasteiger partial charge in [0.05, 0.1) is 12.8 Å². The molecule has 1 heterocycles. The molecule has 0 bridgehead atoms. The second-order valence-corrected chi connectivity index (χ2v) is 4.36. The number of aromatic nitrogens is 2. The summed E-state index contributed by atoms with van der Waals surface area (Å²) in [4.78, 5) is 0. The van der Waals surface area contributed by atoms with Crippen molar-refractivity contribution in [1.29, 1.82) is 0 Å². The van der Waals surface area contributed by atoms with Crippen molar-refractivity contribution in [3.63, 3.8) is 0 Å². The summed E-state index contributed by atoms with van der Waals surface area (Å²) in [5.41, 5.74) is 1.15. The molecule has 0 aromatic carbocycles. The van der Waals surface area contributed by atoms with Crippen LogP contribution in [-0.2, 0) is 4.74 Å². The van der Waals surface area contributed by atoms with Gasteiger partial charge in [-0.1, -0.05) is 25.3 Å². The van der Waals surface area contributed by atoms with Crippen molar-refractivity contribution in [3.05, 3.63) is 42.4 Å². The molecule has 0 saturated carbocycles. The van der Waals surface area contributed by atoms with Gasteiger partial charge in [-0.2, -0.15) is 5.10 Å². The maximum Gasteiger partial charge on any atom is 0.115 e. The van der Waals surface area contributed by atoms with Gasteiger partial charge >= 0.3 is 0 Å². The van der Waals surface area contributed by atoms with E-state index in [1.165, 1.54) is 0 Å². The molecule has 0 N–H and O–H groups in total. The van der Waals surface area contributed by atoms with Gasteiger partial charge in [0.15, 0.2) is 0 Å². The molecule has 0 amide bonds. The SMILES string of the molecule is C=C/C(=C\CC#CC(C)n1cc(C)cn1)OCCC. The molecule has 0 spiro atoms. The lowest BCUT2D eigenvalue weighted by Crippen LogP contribution is -2.02. The molecule has 0 aliphatic heterocycles. The first-order valence-electron chi connectivity index (χ1n) is 6.62. The molecule has 1 aromatic heterocycles. The molecule has 0 aliphatic carbocycles. The molecule has 1 unspecified atom stereocenters. The Bertz CT molecular complexity index is 488. The second-order valence-electron chi connectivity index (χ2n) is 4.36. The van der Waals surface area contributed by atoms with E-state index in [1.807, 2.05) is 37.0 Å². The molecule has 0 aliphatic rings. The van der Waals surface area contributed by atoms with Crippen molar-refractivity contribution in [2.45, 2.75) is 39.7 Å². The number of hydrogen-bond donors (Lipinski definition) is 0. The number of hydrogen-bond acceptors (Lipinski definition) is 2. The number of ether oxygens (including phenoxy) is 1. The Hall–Kier alpha value is -1.95. The van der Waals surface area contributed by atoms with Gasteiger partial charge in [0, 0.05) is 12.6 Å². The Balaban J connectivity index is 2.50. The van der Waals surface area contributed by atoms with Gasteiger partial charge in [0.25, 0.3) is 0 Å². The van der Waals surface area contributed by atoms with Crippen LogP contribution in [0.25, 0.3) is 0 Å². The minimum absolute atomic E-state index is 0.0887. The van der Waals surface area contributed by atoms with Crippen molar-refractivity contribution in [3.8, 4) is 11.8 Å². The third kappa shape index (κ3) is 5.48. The van der Waals surface area contributed by atoms with Crippen molar-refractivity contribution < 1.29 is 4.74 Å². The van der Waals surface area contributed by atoms with E-state index >= 15 is 0 Å². The Labute approximate surface area is 116 Å². The lowest BCUT2D eigenvalue weighted by Gasteiger charge is -2.04. The third-order valence-electron chi connectivity index (χ3n) is 2.52. The molecule has 3 heteroatoms. The summed E-state index contributed by atoms with van der Waals surface area (Å²) in [6.45, 7) is 10.6. The number of aryl methyl sites for hydroxylation is 1. The van der Waals surface area contributed by atoms with Crippen LogP contribution in [0.3, 0.4) is 0 Å². The first kappa shape index (κ1) is 15.1. The maximum atomic E-state index is 5.49. The Morgan fingerprint density at radius 2 is 2.42 bits per heavy atom. The monoisotopic (exact) mass is 258 g/mol. The fourth-order valence-electron chi connectivity index (χ4n) is 1.49. The zero-order chi connectivity index (χ0) is 14.1. The van der Waals surface area contributed by atoms with Crippen LogP contribution < -0.4 is 0 Å². The largest absolute Gasteiger partial charge is 0.494 e. The Kier molecular flexibility index (Phi) is 6.52. The van der Waals surface area contributed by atoms with E-state index in [0.29, 0.717) is 13.0 Å². The normalized spacial score (nSPS) is 12.5. The summed E-state index contributed by atoms with van der Waals surface area (Å²) in [7, 11) is 0. The zero-order valence-corrected chi connectivity index (χ0v) is 12.0. The molecule has 19 heavy (non-hydrogen) atoms. The van der Waals surface area contributed by atoms with Crippen molar-refractivity contribution in [2.75, 3.05) is 6.61 Å². The van der Waals surface area contributed by atoms with Gasteiger partial charge in [0.1, 0.15) is 11.8 Å². The lowest BCUT2D eigenvalue weighted by atomic mass is 10.3. The summed E-state index contributed by atoms with van der Waals surface area (Å²) in [6, 6.07) is 0.0887. The molecule has 0 saturated heterocycles. The summed E-state index contributed by atoms with van der Waals surface area (Å²) in [6.07, 6.45) is 9.16. The van der Waals surface area contributed by atoms with Crippen molar-refractivity contribution in [1.82, 2.24) is 9.78 Å². The van der Waals surface area contributed by atoms with E-state index in [1.54, 1.807) is 6.08 Å². The highest BCUT2D eigenvalue weighted by Crippen LogP contribution is 2.05. The van der Waals surface area contributed by atoms with Crippen LogP contribution in [0.4, 0.5) is 0 Å². The lowest BCUT2D eigenvalue weighted by molar-refractivity contribution is 0.224. The highest BCUT2D eigenvalue weighted by molar-refractivity contribution is 5.15. The average Bonchev–Trinajstić information content (AvgIpc) is 2.84. The minimum atomic E-state index is 0.0887. The van der Waals surface area contributed by atoms with Gasteiger partial charge in [-0.25, -0.2) is 0 Å². The van der Waals surface area contributed by atoms with Crippen LogP contribution in [0, 0.1) is 18.8 Å². The van der Waals surface area contributed by atoms with Crippen LogP contribution in [0.2, 0.25) is 0 Å². The predicted molar refractivity (Wildman–Crippen MR) is 78.6 cm³/mol. The molecule has 3 nitrogen and oxygen atoms in total. The topological polar surface area (TPSA) is 27.1 Å². The van der Waals surface area contributed by atoms with E-state index in [4.69, 9.17) is 4.74 Å². The summed E-state index contributed by atoms with van der Waals surface area (Å²) < 4.78 is 7.36. The molecule has 1 aromatic rings. The molecule has 1 rings (SSSR count). The van der Waals surface area contributed by atoms with Crippen LogP contribution >= 0.6 is 0 Å². The summed E-state index contributed by atoms with van der Waals surface area (Å²) >= 11 is 0. The van der Waals surface area contributed by atoms with Gasteiger partial charge in [-0.3, -0.25) is 4.68 Å². The first-order valence-corrected chi connectivity index (χ1v) is 6.62. The van der Waals surface area contributed by atoms with Gasteiger partial charge in [-0.15, -0.1) is 0 Å². The third-order valence-corrected chi connectivity index (χ3v) is 2.52. The number of allylic oxidation sites excluding steroid dienone is 2. The molecule has 1 atom stereocenters. The van der Waals surface area contributed by atoms with Crippen molar-refractivity contribution >= 4 is 0 Å².